The standard InChI is InChI=1S/C13H11ClN2O4/c1-15-5-4-9(7-15)12(17)8-20-13-6-10(14)2-3-11(13)16(18)19/h2-7H,8H2,1H3. The first kappa shape index (κ1) is 14.1. The second-order valence-electron chi connectivity index (χ2n) is 4.15. The summed E-state index contributed by atoms with van der Waals surface area (Å²) < 4.78 is 6.95. The Morgan fingerprint density at radius 3 is 2.80 bits per heavy atom. The van der Waals surface area contributed by atoms with Crippen LogP contribution in [0.5, 0.6) is 5.75 Å². The Balaban J connectivity index is 2.12. The van der Waals surface area contributed by atoms with E-state index in [0.717, 1.165) is 0 Å². The van der Waals surface area contributed by atoms with Gasteiger partial charge in [0, 0.05) is 42.2 Å². The van der Waals surface area contributed by atoms with E-state index in [1.807, 2.05) is 0 Å². The molecule has 0 N–H and O–H groups in total. The molecule has 0 atom stereocenters. The average molecular weight is 295 g/mol. The number of benzene rings is 1. The van der Waals surface area contributed by atoms with E-state index in [0.29, 0.717) is 10.6 Å². The lowest BCUT2D eigenvalue weighted by Gasteiger charge is -2.05. The maximum atomic E-state index is 11.9. The van der Waals surface area contributed by atoms with Crippen molar-refractivity contribution in [1.82, 2.24) is 4.57 Å². The highest BCUT2D eigenvalue weighted by molar-refractivity contribution is 6.30. The number of carbonyl (C=O) groups is 1. The number of nitro groups is 1. The Kier molecular flexibility index (Phi) is 4.05. The lowest BCUT2D eigenvalue weighted by Crippen LogP contribution is -2.11. The van der Waals surface area contributed by atoms with E-state index in [1.54, 1.807) is 30.1 Å². The number of aromatic nitrogens is 1. The smallest absolute Gasteiger partial charge is 0.311 e. The third-order valence-corrected chi connectivity index (χ3v) is 2.87. The first-order chi connectivity index (χ1) is 9.47. The monoisotopic (exact) mass is 294 g/mol. The normalized spacial score (nSPS) is 10.3. The highest BCUT2D eigenvalue weighted by Crippen LogP contribution is 2.29. The van der Waals surface area contributed by atoms with Crippen LogP contribution < -0.4 is 4.74 Å². The van der Waals surface area contributed by atoms with E-state index >= 15 is 0 Å². The van der Waals surface area contributed by atoms with Crippen LogP contribution in [0.1, 0.15) is 10.4 Å². The average Bonchev–Trinajstić information content (AvgIpc) is 2.82. The van der Waals surface area contributed by atoms with Gasteiger partial charge in [0.1, 0.15) is 0 Å². The van der Waals surface area contributed by atoms with Crippen LogP contribution in [0.15, 0.2) is 36.7 Å². The van der Waals surface area contributed by atoms with Gasteiger partial charge in [-0.25, -0.2) is 0 Å². The number of aryl methyl sites for hydroxylation is 1. The summed E-state index contributed by atoms with van der Waals surface area (Å²) >= 11 is 5.77. The number of nitro benzene ring substituents is 1. The molecule has 0 unspecified atom stereocenters. The van der Waals surface area contributed by atoms with E-state index in [1.165, 1.54) is 18.2 Å². The zero-order valence-corrected chi connectivity index (χ0v) is 11.3. The van der Waals surface area contributed by atoms with E-state index in [9.17, 15) is 14.9 Å². The lowest BCUT2D eigenvalue weighted by molar-refractivity contribution is -0.385. The molecule has 0 fully saturated rings. The van der Waals surface area contributed by atoms with Crippen molar-refractivity contribution in [2.45, 2.75) is 0 Å². The molecule has 1 heterocycles. The van der Waals surface area contributed by atoms with Crippen molar-refractivity contribution in [3.63, 3.8) is 0 Å². The van der Waals surface area contributed by atoms with Gasteiger partial charge in [-0.2, -0.15) is 0 Å². The summed E-state index contributed by atoms with van der Waals surface area (Å²) in [6.07, 6.45) is 3.38. The third kappa shape index (κ3) is 3.16. The molecule has 1 aromatic carbocycles. The number of halogens is 1. The van der Waals surface area contributed by atoms with Crippen molar-refractivity contribution in [2.75, 3.05) is 6.61 Å². The van der Waals surface area contributed by atoms with Gasteiger partial charge in [-0.05, 0) is 12.1 Å². The molecule has 0 aliphatic rings. The zero-order chi connectivity index (χ0) is 14.7. The van der Waals surface area contributed by atoms with Crippen molar-refractivity contribution in [3.8, 4) is 5.75 Å². The largest absolute Gasteiger partial charge is 0.478 e. The number of carbonyl (C=O) groups excluding carboxylic acids is 1. The Bertz CT molecular complexity index is 666. The van der Waals surface area contributed by atoms with Crippen LogP contribution in [-0.2, 0) is 7.05 Å². The minimum atomic E-state index is -0.585. The number of hydrogen-bond acceptors (Lipinski definition) is 4. The quantitative estimate of drug-likeness (QED) is 0.483. The van der Waals surface area contributed by atoms with Crippen LogP contribution in [0.25, 0.3) is 0 Å². The molecule has 0 spiro atoms. The van der Waals surface area contributed by atoms with Gasteiger partial charge in [-0.1, -0.05) is 11.6 Å². The summed E-state index contributed by atoms with van der Waals surface area (Å²) in [6.45, 7) is -0.287. The first-order valence-electron chi connectivity index (χ1n) is 5.69. The van der Waals surface area contributed by atoms with Crippen LogP contribution in [0.4, 0.5) is 5.69 Å². The summed E-state index contributed by atoms with van der Waals surface area (Å²) in [7, 11) is 1.79. The molecule has 104 valence electrons. The van der Waals surface area contributed by atoms with E-state index in [2.05, 4.69) is 0 Å². The molecule has 0 saturated heterocycles. The molecule has 0 saturated carbocycles. The van der Waals surface area contributed by atoms with Crippen LogP contribution in [0.2, 0.25) is 5.02 Å². The molecule has 1 aromatic heterocycles. The Morgan fingerprint density at radius 1 is 1.45 bits per heavy atom. The minimum Gasteiger partial charge on any atom is -0.478 e. The second-order valence-corrected chi connectivity index (χ2v) is 4.58. The van der Waals surface area contributed by atoms with Crippen molar-refractivity contribution >= 4 is 23.1 Å². The summed E-state index contributed by atoms with van der Waals surface area (Å²) in [6, 6.07) is 5.60. The summed E-state index contributed by atoms with van der Waals surface area (Å²) in [5.41, 5.74) is 0.257. The fourth-order valence-electron chi connectivity index (χ4n) is 1.65. The van der Waals surface area contributed by atoms with Crippen molar-refractivity contribution in [1.29, 1.82) is 0 Å². The molecule has 6 nitrogen and oxygen atoms in total. The molecule has 7 heteroatoms. The summed E-state index contributed by atoms with van der Waals surface area (Å²) in [4.78, 5) is 22.1. The molecule has 0 aliphatic heterocycles. The molecule has 0 bridgehead atoms. The fraction of sp³-hybridized carbons (Fsp3) is 0.154. The molecule has 2 rings (SSSR count). The van der Waals surface area contributed by atoms with Crippen LogP contribution in [-0.4, -0.2) is 21.9 Å². The first-order valence-corrected chi connectivity index (χ1v) is 6.07. The predicted molar refractivity (Wildman–Crippen MR) is 73.3 cm³/mol. The molecular formula is C13H11ClN2O4. The SMILES string of the molecule is Cn1ccc(C(=O)COc2cc(Cl)ccc2[N+](=O)[O-])c1. The topological polar surface area (TPSA) is 74.4 Å². The molecular weight excluding hydrogens is 284 g/mol. The van der Waals surface area contributed by atoms with Crippen LogP contribution in [0.3, 0.4) is 0 Å². The number of hydrogen-bond donors (Lipinski definition) is 0. The van der Waals surface area contributed by atoms with Crippen molar-refractivity contribution in [2.24, 2.45) is 7.05 Å². The van der Waals surface area contributed by atoms with Crippen molar-refractivity contribution in [3.05, 3.63) is 57.4 Å². The van der Waals surface area contributed by atoms with E-state index in [4.69, 9.17) is 16.3 Å². The molecule has 0 amide bonds. The lowest BCUT2D eigenvalue weighted by atomic mass is 10.2. The third-order valence-electron chi connectivity index (χ3n) is 2.63. The van der Waals surface area contributed by atoms with Gasteiger partial charge in [0.25, 0.3) is 0 Å². The molecule has 0 radical (unpaired) electrons. The Labute approximate surface area is 119 Å². The predicted octanol–water partition coefficient (Wildman–Crippen LogP) is 2.85. The maximum Gasteiger partial charge on any atom is 0.311 e. The maximum absolute atomic E-state index is 11.9. The van der Waals surface area contributed by atoms with Gasteiger partial charge in [-0.3, -0.25) is 14.9 Å². The fourth-order valence-corrected chi connectivity index (χ4v) is 1.81. The number of ketones is 1. The van der Waals surface area contributed by atoms with E-state index in [-0.39, 0.29) is 23.8 Å². The zero-order valence-electron chi connectivity index (χ0n) is 10.6. The number of Topliss-reactive ketones (excluding diaryl/α,β-unsaturated/α-hetero) is 1. The molecule has 20 heavy (non-hydrogen) atoms. The highest BCUT2D eigenvalue weighted by Gasteiger charge is 2.17. The summed E-state index contributed by atoms with van der Waals surface area (Å²) in [5.74, 6) is -0.286. The number of nitrogens with zero attached hydrogens (tertiary/aromatic N) is 2. The van der Waals surface area contributed by atoms with Crippen molar-refractivity contribution < 1.29 is 14.5 Å². The number of ether oxygens (including phenoxy) is 1. The second kappa shape index (κ2) is 5.75. The van der Waals surface area contributed by atoms with Crippen LogP contribution in [0, 0.1) is 10.1 Å². The Hall–Kier alpha value is -2.34. The van der Waals surface area contributed by atoms with Gasteiger partial charge >= 0.3 is 5.69 Å². The van der Waals surface area contributed by atoms with Gasteiger partial charge < -0.3 is 9.30 Å². The minimum absolute atomic E-state index is 0.0215. The van der Waals surface area contributed by atoms with Gasteiger partial charge in [0.2, 0.25) is 5.78 Å². The van der Waals surface area contributed by atoms with Gasteiger partial charge in [0.05, 0.1) is 4.92 Å². The Morgan fingerprint density at radius 2 is 2.20 bits per heavy atom. The van der Waals surface area contributed by atoms with Gasteiger partial charge in [-0.15, -0.1) is 0 Å². The molecule has 2 aromatic rings. The van der Waals surface area contributed by atoms with E-state index < -0.39 is 4.92 Å². The van der Waals surface area contributed by atoms with Crippen LogP contribution >= 0.6 is 11.6 Å². The highest BCUT2D eigenvalue weighted by atomic mass is 35.5. The summed E-state index contributed by atoms with van der Waals surface area (Å²) in [5, 5.41) is 11.1. The van der Waals surface area contributed by atoms with Gasteiger partial charge in [0.15, 0.2) is 12.4 Å². The number of rotatable bonds is 5. The molecule has 0 aliphatic carbocycles.